The fraction of sp³-hybridized carbons (Fsp3) is 0.0357. The molecule has 7 heteroatoms. The first-order valence-electron chi connectivity index (χ1n) is 10.7. The maximum atomic E-state index is 5.83. The summed E-state index contributed by atoms with van der Waals surface area (Å²) >= 11 is 0. The lowest BCUT2D eigenvalue weighted by Crippen LogP contribution is -1.93. The van der Waals surface area contributed by atoms with Crippen molar-refractivity contribution in [3.8, 4) is 64.1 Å². The van der Waals surface area contributed by atoms with Gasteiger partial charge in [-0.15, -0.1) is 6.42 Å². The van der Waals surface area contributed by atoms with Crippen LogP contribution in [0, 0.1) is 12.3 Å². The predicted molar refractivity (Wildman–Crippen MR) is 130 cm³/mol. The maximum Gasteiger partial charge on any atom is 0.259 e. The summed E-state index contributed by atoms with van der Waals surface area (Å²) < 4.78 is 22.5. The minimum Gasteiger partial charge on any atom is -0.481 e. The molecule has 0 bridgehead atoms. The number of rotatable bonds is 8. The summed E-state index contributed by atoms with van der Waals surface area (Å²) in [6.07, 6.45) is 6.86. The van der Waals surface area contributed by atoms with Crippen molar-refractivity contribution in [1.82, 2.24) is 15.1 Å². The first-order chi connectivity index (χ1) is 17.3. The van der Waals surface area contributed by atoms with Crippen LogP contribution in [0.4, 0.5) is 0 Å². The molecule has 3 aromatic carbocycles. The topological polar surface area (TPSA) is 79.5 Å². The standard InChI is InChI=1S/C28H19N3O4/c1-2-17-32-25-10-6-7-20(18-25)27-30-28(35-31-27)21-11-16-26(29-19-21)34-24-14-12-23(13-15-24)33-22-8-4-3-5-9-22/h1,3-16,18-19H,17H2. The van der Waals surface area contributed by atoms with Gasteiger partial charge in [0.2, 0.25) is 11.7 Å². The summed E-state index contributed by atoms with van der Waals surface area (Å²) in [5.41, 5.74) is 1.42. The maximum absolute atomic E-state index is 5.83. The third-order valence-electron chi connectivity index (χ3n) is 4.85. The predicted octanol–water partition coefficient (Wildman–Crippen LogP) is 6.40. The van der Waals surface area contributed by atoms with E-state index in [1.807, 2.05) is 72.8 Å². The van der Waals surface area contributed by atoms with Crippen LogP contribution in [-0.2, 0) is 0 Å². The van der Waals surface area contributed by atoms with Crippen LogP contribution in [0.1, 0.15) is 0 Å². The Morgan fingerprint density at radius 2 is 1.49 bits per heavy atom. The van der Waals surface area contributed by atoms with Gasteiger partial charge in [0, 0.05) is 17.8 Å². The van der Waals surface area contributed by atoms with Crippen LogP contribution in [0.25, 0.3) is 22.8 Å². The van der Waals surface area contributed by atoms with E-state index in [1.54, 1.807) is 24.4 Å². The van der Waals surface area contributed by atoms with Crippen molar-refractivity contribution in [2.24, 2.45) is 0 Å². The lowest BCUT2D eigenvalue weighted by molar-refractivity contribution is 0.370. The first kappa shape index (κ1) is 21.7. The average Bonchev–Trinajstić information content (AvgIpc) is 3.40. The smallest absolute Gasteiger partial charge is 0.259 e. The van der Waals surface area contributed by atoms with Crippen LogP contribution in [0.3, 0.4) is 0 Å². The van der Waals surface area contributed by atoms with Gasteiger partial charge in [0.15, 0.2) is 0 Å². The number of aromatic nitrogens is 3. The lowest BCUT2D eigenvalue weighted by atomic mass is 10.2. The van der Waals surface area contributed by atoms with E-state index < -0.39 is 0 Å². The minimum atomic E-state index is 0.187. The van der Waals surface area contributed by atoms with E-state index in [1.165, 1.54) is 0 Å². The van der Waals surface area contributed by atoms with Crippen LogP contribution in [-0.4, -0.2) is 21.7 Å². The highest BCUT2D eigenvalue weighted by Crippen LogP contribution is 2.28. The fourth-order valence-corrected chi connectivity index (χ4v) is 3.20. The summed E-state index contributed by atoms with van der Waals surface area (Å²) in [5.74, 6) is 6.41. The van der Waals surface area contributed by atoms with Crippen molar-refractivity contribution in [3.63, 3.8) is 0 Å². The van der Waals surface area contributed by atoms with Crippen LogP contribution in [0.5, 0.6) is 28.9 Å². The molecule has 0 aliphatic rings. The van der Waals surface area contributed by atoms with Gasteiger partial charge in [-0.25, -0.2) is 4.98 Å². The molecule has 0 fully saturated rings. The molecule has 2 aromatic heterocycles. The van der Waals surface area contributed by atoms with Crippen molar-refractivity contribution in [3.05, 3.63) is 97.2 Å². The highest BCUT2D eigenvalue weighted by molar-refractivity contribution is 5.61. The Balaban J connectivity index is 1.23. The van der Waals surface area contributed by atoms with E-state index in [2.05, 4.69) is 21.0 Å². The molecule has 0 spiro atoms. The number of benzene rings is 3. The molecule has 35 heavy (non-hydrogen) atoms. The molecule has 0 N–H and O–H groups in total. The molecular weight excluding hydrogens is 442 g/mol. The Labute approximate surface area is 201 Å². The highest BCUT2D eigenvalue weighted by Gasteiger charge is 2.12. The Kier molecular flexibility index (Phi) is 6.36. The second-order valence-electron chi connectivity index (χ2n) is 7.32. The van der Waals surface area contributed by atoms with Gasteiger partial charge in [0.05, 0.1) is 5.56 Å². The van der Waals surface area contributed by atoms with Gasteiger partial charge in [-0.05, 0) is 54.6 Å². The molecule has 0 saturated carbocycles. The molecule has 0 saturated heterocycles. The van der Waals surface area contributed by atoms with Gasteiger partial charge in [-0.3, -0.25) is 0 Å². The summed E-state index contributed by atoms with van der Waals surface area (Å²) in [7, 11) is 0. The molecule has 0 unspecified atom stereocenters. The molecule has 0 radical (unpaired) electrons. The molecule has 5 rings (SSSR count). The van der Waals surface area contributed by atoms with Gasteiger partial charge in [0.1, 0.15) is 29.6 Å². The number of hydrogen-bond acceptors (Lipinski definition) is 7. The summed E-state index contributed by atoms with van der Waals surface area (Å²) in [5, 5.41) is 4.06. The normalized spacial score (nSPS) is 10.4. The quantitative estimate of drug-likeness (QED) is 0.248. The molecule has 7 nitrogen and oxygen atoms in total. The van der Waals surface area contributed by atoms with Crippen LogP contribution in [0.15, 0.2) is 102 Å². The molecule has 2 heterocycles. The molecule has 0 aliphatic carbocycles. The van der Waals surface area contributed by atoms with Crippen molar-refractivity contribution in [2.75, 3.05) is 6.61 Å². The van der Waals surface area contributed by atoms with E-state index >= 15 is 0 Å². The lowest BCUT2D eigenvalue weighted by Gasteiger charge is -2.08. The number of hydrogen-bond donors (Lipinski definition) is 0. The van der Waals surface area contributed by atoms with Gasteiger partial charge in [0.25, 0.3) is 5.89 Å². The molecule has 5 aromatic rings. The van der Waals surface area contributed by atoms with Gasteiger partial charge >= 0.3 is 0 Å². The van der Waals surface area contributed by atoms with E-state index in [9.17, 15) is 0 Å². The van der Waals surface area contributed by atoms with Crippen molar-refractivity contribution in [1.29, 1.82) is 0 Å². The molecule has 170 valence electrons. The first-order valence-corrected chi connectivity index (χ1v) is 10.7. The third-order valence-corrected chi connectivity index (χ3v) is 4.85. The second kappa shape index (κ2) is 10.2. The second-order valence-corrected chi connectivity index (χ2v) is 7.32. The molecular formula is C28H19N3O4. The summed E-state index contributed by atoms with van der Waals surface area (Å²) in [6, 6.07) is 27.8. The largest absolute Gasteiger partial charge is 0.481 e. The van der Waals surface area contributed by atoms with Crippen molar-refractivity contribution < 1.29 is 18.7 Å². The Morgan fingerprint density at radius 1 is 0.743 bits per heavy atom. The van der Waals surface area contributed by atoms with E-state index in [4.69, 9.17) is 25.2 Å². The Hall–Kier alpha value is -5.09. The van der Waals surface area contributed by atoms with E-state index in [0.717, 1.165) is 11.3 Å². The van der Waals surface area contributed by atoms with Crippen molar-refractivity contribution in [2.45, 2.75) is 0 Å². The zero-order valence-electron chi connectivity index (χ0n) is 18.5. The number of nitrogens with zero attached hydrogens (tertiary/aromatic N) is 3. The van der Waals surface area contributed by atoms with Gasteiger partial charge in [-0.2, -0.15) is 4.98 Å². The zero-order chi connectivity index (χ0) is 23.9. The number of para-hydroxylation sites is 1. The van der Waals surface area contributed by atoms with Crippen LogP contribution >= 0.6 is 0 Å². The highest BCUT2D eigenvalue weighted by atomic mass is 16.5. The summed E-state index contributed by atoms with van der Waals surface area (Å²) in [6.45, 7) is 0.187. The van der Waals surface area contributed by atoms with Crippen LogP contribution in [0.2, 0.25) is 0 Å². The number of terminal acetylenes is 1. The zero-order valence-corrected chi connectivity index (χ0v) is 18.5. The minimum absolute atomic E-state index is 0.187. The van der Waals surface area contributed by atoms with Gasteiger partial charge in [-0.1, -0.05) is 41.4 Å². The Bertz CT molecular complexity index is 1440. The SMILES string of the molecule is C#CCOc1cccc(-c2noc(-c3ccc(Oc4ccc(Oc5ccccc5)cc4)nc3)n2)c1. The molecule has 0 atom stereocenters. The monoisotopic (exact) mass is 461 g/mol. The van der Waals surface area contributed by atoms with Gasteiger partial charge < -0.3 is 18.7 Å². The van der Waals surface area contributed by atoms with Crippen molar-refractivity contribution >= 4 is 0 Å². The average molecular weight is 461 g/mol. The van der Waals surface area contributed by atoms with E-state index in [-0.39, 0.29) is 6.61 Å². The third kappa shape index (κ3) is 5.46. The van der Waals surface area contributed by atoms with E-state index in [0.29, 0.717) is 40.4 Å². The van der Waals surface area contributed by atoms with Crippen LogP contribution < -0.4 is 14.2 Å². The Morgan fingerprint density at radius 3 is 2.23 bits per heavy atom. The fourth-order valence-electron chi connectivity index (χ4n) is 3.20. The molecule has 0 amide bonds. The number of ether oxygens (including phenoxy) is 3. The number of pyridine rings is 1. The summed E-state index contributed by atoms with van der Waals surface area (Å²) in [4.78, 5) is 8.81. The molecule has 0 aliphatic heterocycles.